The average molecular weight is 526 g/mol. The molecule has 0 aliphatic heterocycles. The van der Waals surface area contributed by atoms with Gasteiger partial charge in [0.15, 0.2) is 0 Å². The second-order valence-electron chi connectivity index (χ2n) is 5.77. The normalized spacial score (nSPS) is 13.2. The summed E-state index contributed by atoms with van der Waals surface area (Å²) >= 11 is 4.66. The molecule has 0 aromatic heterocycles. The molecule has 0 saturated carbocycles. The van der Waals surface area contributed by atoms with E-state index in [4.69, 9.17) is 14.2 Å². The van der Waals surface area contributed by atoms with E-state index in [1.165, 1.54) is 0 Å². The van der Waals surface area contributed by atoms with Crippen molar-refractivity contribution in [3.05, 3.63) is 0 Å². The molecule has 0 heterocycles. The highest BCUT2D eigenvalue weighted by Gasteiger charge is 2.20. The zero-order valence-electron chi connectivity index (χ0n) is 13.3. The molecule has 6 heteroatoms. The topological polar surface area (TPSA) is 44.8 Å². The number of esters is 1. The number of carbonyl (C=O) groups is 1. The van der Waals surface area contributed by atoms with E-state index in [0.717, 1.165) is 34.7 Å². The maximum atomic E-state index is 11.9. The van der Waals surface area contributed by atoms with Crippen LogP contribution < -0.4 is 0 Å². The van der Waals surface area contributed by atoms with Gasteiger partial charge in [0.05, 0.1) is 12.5 Å². The highest BCUT2D eigenvalue weighted by molar-refractivity contribution is 14.1. The lowest BCUT2D eigenvalue weighted by Gasteiger charge is -2.22. The first-order chi connectivity index (χ1) is 9.89. The fourth-order valence-corrected chi connectivity index (χ4v) is 2.21. The van der Waals surface area contributed by atoms with E-state index >= 15 is 0 Å². The summed E-state index contributed by atoms with van der Waals surface area (Å²) < 4.78 is 18.9. The predicted molar refractivity (Wildman–Crippen MR) is 103 cm³/mol. The lowest BCUT2D eigenvalue weighted by molar-refractivity contribution is -0.158. The fraction of sp³-hybridized carbons (Fsp3) is 0.933. The Morgan fingerprint density at radius 1 is 1.05 bits per heavy atom. The zero-order valence-corrected chi connectivity index (χ0v) is 17.6. The molecule has 0 bridgehead atoms. The average Bonchev–Trinajstić information content (AvgIpc) is 2.36. The van der Waals surface area contributed by atoms with E-state index < -0.39 is 5.60 Å². The molecule has 0 fully saturated rings. The van der Waals surface area contributed by atoms with E-state index in [9.17, 15) is 4.79 Å². The lowest BCUT2D eigenvalue weighted by Crippen LogP contribution is -2.28. The molecule has 0 aromatic rings. The fourth-order valence-electron chi connectivity index (χ4n) is 1.59. The van der Waals surface area contributed by atoms with Gasteiger partial charge in [-0.1, -0.05) is 45.2 Å². The first-order valence-electron chi connectivity index (χ1n) is 7.42. The summed E-state index contributed by atoms with van der Waals surface area (Å²) in [7, 11) is 0. The molecule has 0 aromatic carbocycles. The van der Waals surface area contributed by atoms with E-state index in [1.807, 2.05) is 20.8 Å². The van der Waals surface area contributed by atoms with Crippen LogP contribution in [0.2, 0.25) is 0 Å². The van der Waals surface area contributed by atoms with Crippen LogP contribution in [-0.4, -0.2) is 46.4 Å². The zero-order chi connectivity index (χ0) is 16.1. The van der Waals surface area contributed by atoms with E-state index in [0.29, 0.717) is 19.6 Å². The highest BCUT2D eigenvalue weighted by atomic mass is 127. The summed E-state index contributed by atoms with van der Waals surface area (Å²) in [4.78, 5) is 11.9. The lowest BCUT2D eigenvalue weighted by atomic mass is 10.1. The number of halogens is 2. The molecule has 0 radical (unpaired) electrons. The van der Waals surface area contributed by atoms with Crippen molar-refractivity contribution in [3.63, 3.8) is 0 Å². The summed E-state index contributed by atoms with van der Waals surface area (Å²) in [5.41, 5.74) is -0.444. The summed E-state index contributed by atoms with van der Waals surface area (Å²) in [6.07, 6.45) is 2.99. The van der Waals surface area contributed by atoms with Gasteiger partial charge in [0, 0.05) is 28.7 Å². The van der Waals surface area contributed by atoms with Crippen LogP contribution in [0.5, 0.6) is 0 Å². The number of ether oxygens (including phenoxy) is 3. The SMILES string of the molecule is CC(C)(C)OC(=O)CC(CCOCCCI)OCCCI. The molecule has 0 aliphatic carbocycles. The minimum absolute atomic E-state index is 0.109. The minimum atomic E-state index is -0.444. The van der Waals surface area contributed by atoms with Crippen molar-refractivity contribution < 1.29 is 19.0 Å². The Labute approximate surface area is 156 Å². The van der Waals surface area contributed by atoms with Crippen LogP contribution in [-0.2, 0) is 19.0 Å². The number of carbonyl (C=O) groups excluding carboxylic acids is 1. The number of alkyl halides is 2. The van der Waals surface area contributed by atoms with Gasteiger partial charge in [-0.05, 0) is 40.0 Å². The second-order valence-corrected chi connectivity index (χ2v) is 7.93. The van der Waals surface area contributed by atoms with Crippen LogP contribution in [0.25, 0.3) is 0 Å². The van der Waals surface area contributed by atoms with Crippen LogP contribution in [0.15, 0.2) is 0 Å². The first-order valence-corrected chi connectivity index (χ1v) is 10.5. The third kappa shape index (κ3) is 15.5. The van der Waals surface area contributed by atoms with Crippen LogP contribution in [0.1, 0.15) is 46.5 Å². The van der Waals surface area contributed by atoms with Crippen molar-refractivity contribution in [3.8, 4) is 0 Å². The molecule has 0 spiro atoms. The van der Waals surface area contributed by atoms with Crippen molar-refractivity contribution in [2.24, 2.45) is 0 Å². The van der Waals surface area contributed by atoms with Gasteiger partial charge in [-0.15, -0.1) is 0 Å². The van der Waals surface area contributed by atoms with Crippen molar-refractivity contribution in [1.82, 2.24) is 0 Å². The van der Waals surface area contributed by atoms with Gasteiger partial charge in [0.1, 0.15) is 5.60 Å². The Morgan fingerprint density at radius 3 is 2.24 bits per heavy atom. The Balaban J connectivity index is 4.09. The molecule has 0 aliphatic rings. The molecule has 0 N–H and O–H groups in total. The van der Waals surface area contributed by atoms with Gasteiger partial charge in [-0.25, -0.2) is 0 Å². The molecule has 1 atom stereocenters. The highest BCUT2D eigenvalue weighted by Crippen LogP contribution is 2.13. The summed E-state index contributed by atoms with van der Waals surface area (Å²) in [6.45, 7) is 7.73. The van der Waals surface area contributed by atoms with Crippen LogP contribution in [0.4, 0.5) is 0 Å². The van der Waals surface area contributed by atoms with Crippen molar-refractivity contribution in [1.29, 1.82) is 0 Å². The number of hydrogen-bond donors (Lipinski definition) is 0. The van der Waals surface area contributed by atoms with Crippen molar-refractivity contribution in [2.75, 3.05) is 28.7 Å². The van der Waals surface area contributed by atoms with Gasteiger partial charge in [-0.2, -0.15) is 0 Å². The molecule has 21 heavy (non-hydrogen) atoms. The van der Waals surface area contributed by atoms with Gasteiger partial charge in [0.2, 0.25) is 0 Å². The van der Waals surface area contributed by atoms with Crippen LogP contribution in [0, 0.1) is 0 Å². The molecule has 0 rings (SSSR count). The minimum Gasteiger partial charge on any atom is -0.460 e. The maximum absolute atomic E-state index is 11.9. The summed E-state index contributed by atoms with van der Waals surface area (Å²) in [5.74, 6) is -0.200. The number of hydrogen-bond acceptors (Lipinski definition) is 4. The Kier molecular flexibility index (Phi) is 13.8. The molecule has 1 unspecified atom stereocenters. The van der Waals surface area contributed by atoms with Gasteiger partial charge < -0.3 is 14.2 Å². The molecular formula is C15H28I2O4. The predicted octanol–water partition coefficient (Wildman–Crippen LogP) is 4.16. The van der Waals surface area contributed by atoms with E-state index in [1.54, 1.807) is 0 Å². The smallest absolute Gasteiger partial charge is 0.308 e. The number of rotatable bonds is 12. The van der Waals surface area contributed by atoms with E-state index in [-0.39, 0.29) is 12.1 Å². The van der Waals surface area contributed by atoms with Crippen molar-refractivity contribution in [2.45, 2.75) is 58.2 Å². The van der Waals surface area contributed by atoms with Crippen molar-refractivity contribution >= 4 is 51.2 Å². The first kappa shape index (κ1) is 21.9. The van der Waals surface area contributed by atoms with Gasteiger partial charge in [0.25, 0.3) is 0 Å². The Morgan fingerprint density at radius 2 is 1.67 bits per heavy atom. The molecule has 126 valence electrons. The van der Waals surface area contributed by atoms with Crippen LogP contribution in [0.3, 0.4) is 0 Å². The van der Waals surface area contributed by atoms with E-state index in [2.05, 4.69) is 45.2 Å². The quantitative estimate of drug-likeness (QED) is 0.166. The Hall–Kier alpha value is 0.850. The van der Waals surface area contributed by atoms with Crippen LogP contribution >= 0.6 is 45.2 Å². The van der Waals surface area contributed by atoms with Gasteiger partial charge in [-0.3, -0.25) is 4.79 Å². The molecule has 0 amide bonds. The maximum Gasteiger partial charge on any atom is 0.308 e. The largest absolute Gasteiger partial charge is 0.460 e. The Bertz CT molecular complexity index is 267. The molecule has 0 saturated heterocycles. The summed E-state index contributed by atoms with van der Waals surface area (Å²) in [6, 6.07) is 0. The molecular weight excluding hydrogens is 498 g/mol. The summed E-state index contributed by atoms with van der Waals surface area (Å²) in [5, 5.41) is 0. The third-order valence-electron chi connectivity index (χ3n) is 2.45. The molecule has 4 nitrogen and oxygen atoms in total. The standard InChI is InChI=1S/C15H28I2O4/c1-15(2,3)21-14(18)12-13(20-10-5-8-17)6-11-19-9-4-7-16/h13H,4-12H2,1-3H3. The van der Waals surface area contributed by atoms with Gasteiger partial charge >= 0.3 is 5.97 Å². The third-order valence-corrected chi connectivity index (χ3v) is 3.98. The monoisotopic (exact) mass is 526 g/mol. The second kappa shape index (κ2) is 13.3.